The molecule has 40 heavy (non-hydrogen) atoms. The summed E-state index contributed by atoms with van der Waals surface area (Å²) >= 11 is 0. The van der Waals surface area contributed by atoms with Gasteiger partial charge in [-0.05, 0) is 16.7 Å². The number of hydrogen-bond donors (Lipinski definition) is 0. The average molecular weight is 549 g/mol. The van der Waals surface area contributed by atoms with E-state index in [-0.39, 0.29) is 26.4 Å². The van der Waals surface area contributed by atoms with E-state index in [9.17, 15) is 9.59 Å². The quantitative estimate of drug-likeness (QED) is 0.280. The van der Waals surface area contributed by atoms with Gasteiger partial charge in [-0.25, -0.2) is 0 Å². The highest BCUT2D eigenvalue weighted by atomic mass is 16.7. The first kappa shape index (κ1) is 29.4. The molecule has 4 rings (SSSR count). The van der Waals surface area contributed by atoms with E-state index < -0.39 is 42.5 Å². The number of carbonyl (C=O) groups excluding carboxylic acids is 2. The van der Waals surface area contributed by atoms with Gasteiger partial charge in [0, 0.05) is 13.8 Å². The van der Waals surface area contributed by atoms with Crippen LogP contribution in [-0.4, -0.2) is 49.8 Å². The first-order valence-electron chi connectivity index (χ1n) is 13.4. The zero-order valence-electron chi connectivity index (χ0n) is 22.8. The summed E-state index contributed by atoms with van der Waals surface area (Å²) in [4.78, 5) is 24.0. The van der Waals surface area contributed by atoms with E-state index in [1.54, 1.807) is 0 Å². The minimum atomic E-state index is -1.05. The molecule has 0 saturated carbocycles. The molecule has 0 radical (unpaired) electrons. The highest BCUT2D eigenvalue weighted by molar-refractivity contribution is 5.66. The van der Waals surface area contributed by atoms with Crippen molar-refractivity contribution in [3.05, 3.63) is 108 Å². The lowest BCUT2D eigenvalue weighted by molar-refractivity contribution is -0.305. The SMILES string of the molecule is CC(=O)OC[C@H]1[C@H](OCc2ccccc2)[C@@H](OCc2ccccc2)C(OC(C)=O)O[C@@H]1COCc1ccccc1. The molecule has 5 atom stereocenters. The molecule has 1 aliphatic heterocycles. The third-order valence-corrected chi connectivity index (χ3v) is 6.53. The standard InChI is InChI=1S/C32H36O8/c1-23(33)36-21-28-29(22-35-18-25-12-6-3-7-13-25)40-32(39-24(2)34)31(38-20-27-16-10-5-11-17-27)30(28)37-19-26-14-8-4-9-15-26/h3-17,28-32H,18-22H2,1-2H3/t28-,29-,30+,31-,32?/m1/s1. The summed E-state index contributed by atoms with van der Waals surface area (Å²) in [5, 5.41) is 0. The van der Waals surface area contributed by atoms with Gasteiger partial charge in [-0.15, -0.1) is 0 Å². The molecule has 3 aromatic rings. The number of esters is 2. The fraction of sp³-hybridized carbons (Fsp3) is 0.375. The monoisotopic (exact) mass is 548 g/mol. The molecule has 1 fully saturated rings. The van der Waals surface area contributed by atoms with Crippen LogP contribution >= 0.6 is 0 Å². The molecule has 0 N–H and O–H groups in total. The molecule has 0 bridgehead atoms. The van der Waals surface area contributed by atoms with Crippen LogP contribution in [0.3, 0.4) is 0 Å². The molecule has 212 valence electrons. The van der Waals surface area contributed by atoms with Crippen LogP contribution in [0.15, 0.2) is 91.0 Å². The van der Waals surface area contributed by atoms with Crippen LogP contribution in [0.4, 0.5) is 0 Å². The van der Waals surface area contributed by atoms with Gasteiger partial charge < -0.3 is 28.4 Å². The second kappa shape index (κ2) is 15.3. The van der Waals surface area contributed by atoms with Crippen LogP contribution in [0.1, 0.15) is 30.5 Å². The number of ether oxygens (including phenoxy) is 6. The van der Waals surface area contributed by atoms with Gasteiger partial charge in [0.25, 0.3) is 0 Å². The zero-order chi connectivity index (χ0) is 28.2. The van der Waals surface area contributed by atoms with Crippen LogP contribution in [0.25, 0.3) is 0 Å². The summed E-state index contributed by atoms with van der Waals surface area (Å²) in [6, 6.07) is 29.2. The Morgan fingerprint density at radius 1 is 0.650 bits per heavy atom. The Labute approximate surface area is 235 Å². The Morgan fingerprint density at radius 3 is 1.65 bits per heavy atom. The molecule has 1 saturated heterocycles. The molecule has 1 unspecified atom stereocenters. The Hall–Kier alpha value is -3.56. The third-order valence-electron chi connectivity index (χ3n) is 6.53. The Balaban J connectivity index is 1.59. The van der Waals surface area contributed by atoms with Crippen LogP contribution in [0.5, 0.6) is 0 Å². The summed E-state index contributed by atoms with van der Waals surface area (Å²) in [6.45, 7) is 3.74. The van der Waals surface area contributed by atoms with Gasteiger partial charge in [-0.3, -0.25) is 9.59 Å². The molecule has 8 nitrogen and oxygen atoms in total. The Bertz CT molecular complexity index is 1170. The highest BCUT2D eigenvalue weighted by Crippen LogP contribution is 2.33. The van der Waals surface area contributed by atoms with Gasteiger partial charge in [0.1, 0.15) is 6.10 Å². The van der Waals surface area contributed by atoms with E-state index >= 15 is 0 Å². The maximum Gasteiger partial charge on any atom is 0.305 e. The van der Waals surface area contributed by atoms with Crippen molar-refractivity contribution in [1.29, 1.82) is 0 Å². The second-order valence-corrected chi connectivity index (χ2v) is 9.64. The van der Waals surface area contributed by atoms with E-state index in [0.29, 0.717) is 6.61 Å². The van der Waals surface area contributed by atoms with Crippen molar-refractivity contribution in [3.8, 4) is 0 Å². The van der Waals surface area contributed by atoms with Crippen molar-refractivity contribution in [2.24, 2.45) is 5.92 Å². The number of rotatable bonds is 13. The van der Waals surface area contributed by atoms with E-state index in [1.807, 2.05) is 91.0 Å². The first-order chi connectivity index (χ1) is 19.5. The van der Waals surface area contributed by atoms with Crippen LogP contribution in [-0.2, 0) is 57.8 Å². The van der Waals surface area contributed by atoms with Gasteiger partial charge in [-0.2, -0.15) is 0 Å². The highest BCUT2D eigenvalue weighted by Gasteiger charge is 2.49. The van der Waals surface area contributed by atoms with Crippen molar-refractivity contribution in [3.63, 3.8) is 0 Å². The lowest BCUT2D eigenvalue weighted by Gasteiger charge is -2.45. The summed E-state index contributed by atoms with van der Waals surface area (Å²) in [7, 11) is 0. The number of hydrogen-bond acceptors (Lipinski definition) is 8. The summed E-state index contributed by atoms with van der Waals surface area (Å²) < 4.78 is 36.2. The van der Waals surface area contributed by atoms with Crippen molar-refractivity contribution < 1.29 is 38.0 Å². The van der Waals surface area contributed by atoms with Gasteiger partial charge >= 0.3 is 11.9 Å². The largest absolute Gasteiger partial charge is 0.465 e. The molecule has 8 heteroatoms. The maximum atomic E-state index is 12.1. The molecule has 3 aromatic carbocycles. The molecular weight excluding hydrogens is 512 g/mol. The lowest BCUT2D eigenvalue weighted by atomic mass is 9.89. The van der Waals surface area contributed by atoms with Crippen LogP contribution in [0.2, 0.25) is 0 Å². The predicted octanol–water partition coefficient (Wildman–Crippen LogP) is 4.84. The van der Waals surface area contributed by atoms with Gasteiger partial charge in [0.2, 0.25) is 6.29 Å². The molecule has 0 aliphatic carbocycles. The normalized spacial score (nSPS) is 22.4. The number of benzene rings is 3. The van der Waals surface area contributed by atoms with Gasteiger partial charge in [-0.1, -0.05) is 91.0 Å². The predicted molar refractivity (Wildman–Crippen MR) is 147 cm³/mol. The molecule has 1 aliphatic rings. The maximum absolute atomic E-state index is 12.1. The summed E-state index contributed by atoms with van der Waals surface area (Å²) in [6.07, 6.45) is -3.10. The molecule has 1 heterocycles. The topological polar surface area (TPSA) is 89.5 Å². The average Bonchev–Trinajstić information content (AvgIpc) is 2.96. The fourth-order valence-electron chi connectivity index (χ4n) is 4.59. The fourth-order valence-corrected chi connectivity index (χ4v) is 4.59. The minimum Gasteiger partial charge on any atom is -0.465 e. The first-order valence-corrected chi connectivity index (χ1v) is 13.4. The van der Waals surface area contributed by atoms with E-state index in [0.717, 1.165) is 16.7 Å². The van der Waals surface area contributed by atoms with Crippen molar-refractivity contribution in [2.75, 3.05) is 13.2 Å². The van der Waals surface area contributed by atoms with E-state index in [2.05, 4.69) is 0 Å². The third kappa shape index (κ3) is 8.99. The van der Waals surface area contributed by atoms with Crippen LogP contribution < -0.4 is 0 Å². The molecule has 0 spiro atoms. The van der Waals surface area contributed by atoms with E-state index in [4.69, 9.17) is 28.4 Å². The molecule has 0 amide bonds. The van der Waals surface area contributed by atoms with Crippen molar-refractivity contribution >= 4 is 11.9 Å². The minimum absolute atomic E-state index is 0.0200. The van der Waals surface area contributed by atoms with Gasteiger partial charge in [0.15, 0.2) is 0 Å². The zero-order valence-corrected chi connectivity index (χ0v) is 22.8. The summed E-state index contributed by atoms with van der Waals surface area (Å²) in [5.41, 5.74) is 2.91. The van der Waals surface area contributed by atoms with Crippen molar-refractivity contribution in [2.45, 2.75) is 58.3 Å². The second-order valence-electron chi connectivity index (χ2n) is 9.64. The molecular formula is C32H36O8. The van der Waals surface area contributed by atoms with Crippen molar-refractivity contribution in [1.82, 2.24) is 0 Å². The lowest BCUT2D eigenvalue weighted by Crippen LogP contribution is -2.59. The molecule has 0 aromatic heterocycles. The van der Waals surface area contributed by atoms with E-state index in [1.165, 1.54) is 13.8 Å². The number of carbonyl (C=O) groups is 2. The summed E-state index contributed by atoms with van der Waals surface area (Å²) in [5.74, 6) is -1.40. The smallest absolute Gasteiger partial charge is 0.305 e. The van der Waals surface area contributed by atoms with Crippen LogP contribution in [0, 0.1) is 5.92 Å². The van der Waals surface area contributed by atoms with Gasteiger partial charge in [0.05, 0.1) is 51.2 Å². The Kier molecular flexibility index (Phi) is 11.2. The Morgan fingerprint density at radius 2 is 1.15 bits per heavy atom.